The summed E-state index contributed by atoms with van der Waals surface area (Å²) in [5.74, 6) is 2.10. The normalized spacial score (nSPS) is 17.9. The zero-order valence-corrected chi connectivity index (χ0v) is 23.3. The van der Waals surface area contributed by atoms with Gasteiger partial charge < -0.3 is 23.7 Å². The molecule has 210 valence electrons. The smallest absolute Gasteiger partial charge is 0.309 e. The lowest BCUT2D eigenvalue weighted by molar-refractivity contribution is -0.149. The molecule has 1 amide bonds. The van der Waals surface area contributed by atoms with Crippen LogP contribution in [0.5, 0.6) is 23.0 Å². The van der Waals surface area contributed by atoms with Crippen molar-refractivity contribution >= 4 is 17.6 Å². The van der Waals surface area contributed by atoms with E-state index in [1.165, 1.54) is 0 Å². The molecule has 1 unspecified atom stereocenters. The van der Waals surface area contributed by atoms with Crippen LogP contribution >= 0.6 is 0 Å². The number of hydrazone groups is 1. The molecule has 2 aromatic carbocycles. The highest BCUT2D eigenvalue weighted by atomic mass is 16.5. The first-order valence-electron chi connectivity index (χ1n) is 13.1. The molecule has 0 aromatic heterocycles. The molecule has 1 saturated heterocycles. The third kappa shape index (κ3) is 6.27. The first-order chi connectivity index (χ1) is 18.9. The van der Waals surface area contributed by atoms with E-state index in [9.17, 15) is 9.59 Å². The average molecular weight is 540 g/mol. The zero-order valence-electron chi connectivity index (χ0n) is 23.3. The van der Waals surface area contributed by atoms with E-state index in [0.717, 1.165) is 16.8 Å². The Labute approximate surface area is 229 Å². The second-order valence-corrected chi connectivity index (χ2v) is 9.49. The Kier molecular flexibility index (Phi) is 9.29. The van der Waals surface area contributed by atoms with Crippen molar-refractivity contribution in [3.05, 3.63) is 47.5 Å². The fourth-order valence-corrected chi connectivity index (χ4v) is 5.12. The molecule has 2 aliphatic heterocycles. The summed E-state index contributed by atoms with van der Waals surface area (Å²) in [6.07, 6.45) is 1.83. The van der Waals surface area contributed by atoms with Crippen LogP contribution in [0.2, 0.25) is 0 Å². The highest BCUT2D eigenvalue weighted by Gasteiger charge is 2.36. The lowest BCUT2D eigenvalue weighted by atomic mass is 9.96. The van der Waals surface area contributed by atoms with E-state index in [4.69, 9.17) is 28.8 Å². The number of piperidine rings is 1. The Morgan fingerprint density at radius 1 is 0.897 bits per heavy atom. The van der Waals surface area contributed by atoms with Crippen molar-refractivity contribution in [3.8, 4) is 23.0 Å². The van der Waals surface area contributed by atoms with Crippen molar-refractivity contribution in [1.82, 2.24) is 9.91 Å². The predicted octanol–water partition coefficient (Wildman–Crippen LogP) is 3.67. The largest absolute Gasteiger partial charge is 0.497 e. The lowest BCUT2D eigenvalue weighted by Gasteiger charge is -2.32. The van der Waals surface area contributed by atoms with Crippen molar-refractivity contribution in [2.75, 3.05) is 54.7 Å². The lowest BCUT2D eigenvalue weighted by Crippen LogP contribution is -2.43. The second kappa shape index (κ2) is 12.8. The van der Waals surface area contributed by atoms with Crippen LogP contribution in [0.3, 0.4) is 0 Å². The standard InChI is InChI=1S/C29H37N3O7/c1-6-39-29(34)19-11-13-31(14-12-19)18-28(33)32-24(22-9-8-21(35-2)16-26(22)37-4)17-23(30-32)20-7-10-25(36-3)27(15-20)38-5/h7-10,15-16,19,24H,6,11-14,17-18H2,1-5H3. The van der Waals surface area contributed by atoms with Gasteiger partial charge >= 0.3 is 5.97 Å². The summed E-state index contributed by atoms with van der Waals surface area (Å²) in [5.41, 5.74) is 2.44. The summed E-state index contributed by atoms with van der Waals surface area (Å²) in [5, 5.41) is 6.38. The van der Waals surface area contributed by atoms with Crippen molar-refractivity contribution in [2.24, 2.45) is 11.0 Å². The average Bonchev–Trinajstić information content (AvgIpc) is 3.42. The molecule has 0 N–H and O–H groups in total. The Hall–Kier alpha value is -3.79. The summed E-state index contributed by atoms with van der Waals surface area (Å²) in [6, 6.07) is 10.8. The number of esters is 1. The van der Waals surface area contributed by atoms with Crippen molar-refractivity contribution in [2.45, 2.75) is 32.2 Å². The van der Waals surface area contributed by atoms with Gasteiger partial charge in [0.15, 0.2) is 11.5 Å². The van der Waals surface area contributed by atoms with E-state index in [1.54, 1.807) is 33.4 Å². The van der Waals surface area contributed by atoms with Crippen LogP contribution in [0.25, 0.3) is 0 Å². The van der Waals surface area contributed by atoms with Crippen LogP contribution in [0.1, 0.15) is 43.4 Å². The van der Waals surface area contributed by atoms with E-state index in [0.29, 0.717) is 62.0 Å². The van der Waals surface area contributed by atoms with Crippen LogP contribution in [-0.2, 0) is 14.3 Å². The van der Waals surface area contributed by atoms with Crippen LogP contribution in [-0.4, -0.2) is 82.2 Å². The number of carbonyl (C=O) groups is 2. The number of benzene rings is 2. The molecule has 2 aliphatic rings. The number of carbonyl (C=O) groups excluding carboxylic acids is 2. The molecule has 0 bridgehead atoms. The number of hydrogen-bond acceptors (Lipinski definition) is 9. The van der Waals surface area contributed by atoms with Gasteiger partial charge in [0, 0.05) is 23.6 Å². The molecule has 0 spiro atoms. The Morgan fingerprint density at radius 2 is 1.62 bits per heavy atom. The number of amides is 1. The maximum absolute atomic E-state index is 13.7. The van der Waals surface area contributed by atoms with Gasteiger partial charge in [-0.3, -0.25) is 14.5 Å². The minimum absolute atomic E-state index is 0.117. The van der Waals surface area contributed by atoms with Gasteiger partial charge in [-0.2, -0.15) is 5.10 Å². The molecule has 10 nitrogen and oxygen atoms in total. The van der Waals surface area contributed by atoms with E-state index in [1.807, 2.05) is 43.3 Å². The Balaban J connectivity index is 1.59. The van der Waals surface area contributed by atoms with Crippen LogP contribution in [0.4, 0.5) is 0 Å². The molecule has 4 rings (SSSR count). The summed E-state index contributed by atoms with van der Waals surface area (Å²) in [4.78, 5) is 27.9. The summed E-state index contributed by atoms with van der Waals surface area (Å²) >= 11 is 0. The fourth-order valence-electron chi connectivity index (χ4n) is 5.12. The van der Waals surface area contributed by atoms with E-state index < -0.39 is 0 Å². The predicted molar refractivity (Wildman–Crippen MR) is 146 cm³/mol. The minimum Gasteiger partial charge on any atom is -0.497 e. The molecule has 0 radical (unpaired) electrons. The number of rotatable bonds is 10. The van der Waals surface area contributed by atoms with Gasteiger partial charge in [-0.15, -0.1) is 0 Å². The molecular formula is C29H37N3O7. The van der Waals surface area contributed by atoms with Crippen molar-refractivity contribution in [1.29, 1.82) is 0 Å². The first-order valence-corrected chi connectivity index (χ1v) is 13.1. The number of likely N-dealkylation sites (tertiary alicyclic amines) is 1. The van der Waals surface area contributed by atoms with Crippen molar-refractivity contribution < 1.29 is 33.3 Å². The van der Waals surface area contributed by atoms with Gasteiger partial charge in [-0.25, -0.2) is 5.01 Å². The third-order valence-electron chi connectivity index (χ3n) is 7.25. The molecule has 0 aliphatic carbocycles. The summed E-state index contributed by atoms with van der Waals surface area (Å²) in [6.45, 7) is 3.68. The van der Waals surface area contributed by atoms with Crippen LogP contribution < -0.4 is 18.9 Å². The molecule has 0 saturated carbocycles. The number of hydrogen-bond donors (Lipinski definition) is 0. The van der Waals surface area contributed by atoms with Gasteiger partial charge in [-0.05, 0) is 63.2 Å². The molecule has 10 heteroatoms. The first kappa shape index (κ1) is 28.2. The van der Waals surface area contributed by atoms with Gasteiger partial charge in [0.05, 0.1) is 59.3 Å². The van der Waals surface area contributed by atoms with Gasteiger partial charge in [-0.1, -0.05) is 0 Å². The van der Waals surface area contributed by atoms with E-state index in [2.05, 4.69) is 4.90 Å². The van der Waals surface area contributed by atoms with E-state index >= 15 is 0 Å². The molecular weight excluding hydrogens is 502 g/mol. The zero-order chi connectivity index (χ0) is 27.9. The maximum atomic E-state index is 13.7. The molecule has 2 aromatic rings. The van der Waals surface area contributed by atoms with Crippen molar-refractivity contribution in [3.63, 3.8) is 0 Å². The summed E-state index contributed by atoms with van der Waals surface area (Å²) < 4.78 is 27.1. The minimum atomic E-state index is -0.362. The quantitative estimate of drug-likeness (QED) is 0.422. The van der Waals surface area contributed by atoms with Gasteiger partial charge in [0.25, 0.3) is 5.91 Å². The highest BCUT2D eigenvalue weighted by molar-refractivity contribution is 6.03. The third-order valence-corrected chi connectivity index (χ3v) is 7.25. The SMILES string of the molecule is CCOC(=O)C1CCN(CC(=O)N2N=C(c3ccc(OC)c(OC)c3)CC2c2ccc(OC)cc2OC)CC1. The fraction of sp³-hybridized carbons (Fsp3) is 0.483. The van der Waals surface area contributed by atoms with Crippen LogP contribution in [0.15, 0.2) is 41.5 Å². The molecule has 39 heavy (non-hydrogen) atoms. The number of methoxy groups -OCH3 is 4. The van der Waals surface area contributed by atoms with Gasteiger partial charge in [0.2, 0.25) is 0 Å². The monoisotopic (exact) mass is 539 g/mol. The Morgan fingerprint density at radius 3 is 2.26 bits per heavy atom. The number of ether oxygens (including phenoxy) is 5. The van der Waals surface area contributed by atoms with Gasteiger partial charge in [0.1, 0.15) is 11.5 Å². The second-order valence-electron chi connectivity index (χ2n) is 9.49. The molecule has 2 heterocycles. The Bertz CT molecular complexity index is 1210. The molecule has 1 atom stereocenters. The summed E-state index contributed by atoms with van der Waals surface area (Å²) in [7, 11) is 6.38. The number of nitrogens with zero attached hydrogens (tertiary/aromatic N) is 3. The van der Waals surface area contributed by atoms with Crippen LogP contribution in [0, 0.1) is 5.92 Å². The topological polar surface area (TPSA) is 99.1 Å². The molecule has 1 fully saturated rings. The highest BCUT2D eigenvalue weighted by Crippen LogP contribution is 2.40. The maximum Gasteiger partial charge on any atom is 0.309 e. The van der Waals surface area contributed by atoms with E-state index in [-0.39, 0.29) is 30.4 Å².